The number of nitrogens with zero attached hydrogens (tertiary/aromatic N) is 4. The van der Waals surface area contributed by atoms with Gasteiger partial charge in [-0.2, -0.15) is 8.78 Å². The molecule has 0 radical (unpaired) electrons. The van der Waals surface area contributed by atoms with E-state index in [0.717, 1.165) is 0 Å². The Morgan fingerprint density at radius 2 is 1.97 bits per heavy atom. The Morgan fingerprint density at radius 3 is 2.62 bits per heavy atom. The molecule has 0 aliphatic carbocycles. The fourth-order valence-corrected chi connectivity index (χ4v) is 3.82. The number of carbonyl (C=O) groups excluding carboxylic acids is 1. The van der Waals surface area contributed by atoms with Crippen LogP contribution in [0, 0.1) is 0 Å². The Morgan fingerprint density at radius 1 is 1.21 bits per heavy atom. The number of amides is 1. The summed E-state index contributed by atoms with van der Waals surface area (Å²) in [7, 11) is 0. The van der Waals surface area contributed by atoms with Crippen LogP contribution in [-0.4, -0.2) is 38.2 Å². The fraction of sp³-hybridized carbons (Fsp3) is 0.167. The van der Waals surface area contributed by atoms with Crippen molar-refractivity contribution in [2.24, 2.45) is 10.9 Å². The summed E-state index contributed by atoms with van der Waals surface area (Å²) < 4.78 is 30.8. The van der Waals surface area contributed by atoms with Crippen LogP contribution in [0.25, 0.3) is 5.76 Å². The summed E-state index contributed by atoms with van der Waals surface area (Å²) in [6, 6.07) is 12.9. The zero-order valence-electron chi connectivity index (χ0n) is 17.9. The second-order valence-electron chi connectivity index (χ2n) is 7.53. The maximum Gasteiger partial charge on any atom is 0.314 e. The van der Waals surface area contributed by atoms with Gasteiger partial charge in [0.25, 0.3) is 11.8 Å². The lowest BCUT2D eigenvalue weighted by atomic mass is 9.98. The van der Waals surface area contributed by atoms with Gasteiger partial charge in [-0.05, 0) is 17.2 Å². The molecule has 4 rings (SSSR count). The molecule has 1 amide bonds. The molecule has 0 bridgehead atoms. The third kappa shape index (κ3) is 4.48. The third-order valence-corrected chi connectivity index (χ3v) is 5.47. The number of fused-ring (bicyclic) bond motifs is 1. The largest absolute Gasteiger partial charge is 0.437 e. The number of alkyl halides is 2. The Kier molecular flexibility index (Phi) is 6.60. The number of ether oxygens (including phenoxy) is 1. The standard InChI is InChI=1S/C24H21F2N5O3/c1-14(34-23(30-27)22(25)26)16-7-8-17-13-31(24(33)18(17)11-16)20(19-12-28-9-10-29-19)21(32)15-5-3-2-4-6-15/h2-12,20-22,32H,1,13,27H2/b30-23-/t20-,21+/m1/s1. The fourth-order valence-electron chi connectivity index (χ4n) is 3.82. The van der Waals surface area contributed by atoms with Gasteiger partial charge in [0.15, 0.2) is 0 Å². The van der Waals surface area contributed by atoms with Gasteiger partial charge in [0.2, 0.25) is 0 Å². The molecule has 3 N–H and O–H groups in total. The highest BCUT2D eigenvalue weighted by atomic mass is 19.3. The highest BCUT2D eigenvalue weighted by molar-refractivity contribution is 5.99. The normalized spacial score (nSPS) is 15.2. The summed E-state index contributed by atoms with van der Waals surface area (Å²) in [4.78, 5) is 23.4. The van der Waals surface area contributed by atoms with Crippen LogP contribution < -0.4 is 5.84 Å². The lowest BCUT2D eigenvalue weighted by Gasteiger charge is -2.31. The minimum atomic E-state index is -3.01. The number of hydrogen-bond donors (Lipinski definition) is 2. The highest BCUT2D eigenvalue weighted by Crippen LogP contribution is 2.39. The van der Waals surface area contributed by atoms with E-state index in [1.54, 1.807) is 36.4 Å². The SMILES string of the molecule is C=C(O/C(=N\N)C(F)F)c1ccc2c(c1)C(=O)N([C@H](c1cnccn1)[C@@H](O)c1ccccc1)C2. The molecular formula is C24H21F2N5O3. The van der Waals surface area contributed by atoms with Crippen LogP contribution in [0.2, 0.25) is 0 Å². The maximum atomic E-state index is 13.4. The van der Waals surface area contributed by atoms with E-state index in [4.69, 9.17) is 10.6 Å². The topological polar surface area (TPSA) is 114 Å². The molecule has 2 heterocycles. The van der Waals surface area contributed by atoms with Crippen LogP contribution >= 0.6 is 0 Å². The Labute approximate surface area is 194 Å². The summed E-state index contributed by atoms with van der Waals surface area (Å²) in [5.41, 5.74) is 2.38. The molecule has 2 aromatic carbocycles. The van der Waals surface area contributed by atoms with E-state index < -0.39 is 24.5 Å². The van der Waals surface area contributed by atoms with Crippen LogP contribution in [0.3, 0.4) is 0 Å². The monoisotopic (exact) mass is 465 g/mol. The van der Waals surface area contributed by atoms with Gasteiger partial charge in [0.05, 0.1) is 11.9 Å². The van der Waals surface area contributed by atoms with Gasteiger partial charge in [-0.15, -0.1) is 5.10 Å². The molecule has 1 aliphatic rings. The molecule has 1 aromatic heterocycles. The van der Waals surface area contributed by atoms with E-state index in [1.165, 1.54) is 29.6 Å². The molecule has 0 saturated heterocycles. The molecule has 8 nitrogen and oxygen atoms in total. The van der Waals surface area contributed by atoms with Crippen molar-refractivity contribution < 1.29 is 23.4 Å². The smallest absolute Gasteiger partial charge is 0.314 e. The van der Waals surface area contributed by atoms with Crippen molar-refractivity contribution in [3.8, 4) is 0 Å². The van der Waals surface area contributed by atoms with E-state index in [0.29, 0.717) is 27.9 Å². The first-order chi connectivity index (χ1) is 16.4. The van der Waals surface area contributed by atoms with E-state index in [2.05, 4.69) is 21.6 Å². The van der Waals surface area contributed by atoms with Crippen molar-refractivity contribution >= 4 is 17.6 Å². The Bertz CT molecular complexity index is 1220. The molecule has 0 fully saturated rings. The number of aliphatic hydroxyl groups excluding tert-OH is 1. The van der Waals surface area contributed by atoms with Crippen molar-refractivity contribution in [2.45, 2.75) is 25.1 Å². The maximum absolute atomic E-state index is 13.4. The van der Waals surface area contributed by atoms with Crippen molar-refractivity contribution in [2.75, 3.05) is 0 Å². The minimum absolute atomic E-state index is 0.131. The molecule has 34 heavy (non-hydrogen) atoms. The molecule has 2 atom stereocenters. The number of halogens is 2. The predicted octanol–water partition coefficient (Wildman–Crippen LogP) is 3.43. The molecule has 0 unspecified atom stereocenters. The third-order valence-electron chi connectivity index (χ3n) is 5.47. The first kappa shape index (κ1) is 23.0. The van der Waals surface area contributed by atoms with Gasteiger partial charge >= 0.3 is 6.43 Å². The number of hydrazone groups is 1. The molecule has 1 aliphatic heterocycles. The van der Waals surface area contributed by atoms with Crippen molar-refractivity contribution in [1.82, 2.24) is 14.9 Å². The number of benzene rings is 2. The number of hydrogen-bond acceptors (Lipinski definition) is 7. The number of aromatic nitrogens is 2. The zero-order valence-corrected chi connectivity index (χ0v) is 17.9. The van der Waals surface area contributed by atoms with Crippen LogP contribution in [0.5, 0.6) is 0 Å². The summed E-state index contributed by atoms with van der Waals surface area (Å²) >= 11 is 0. The molecule has 0 spiro atoms. The molecule has 3 aromatic rings. The van der Waals surface area contributed by atoms with Crippen molar-refractivity contribution in [1.29, 1.82) is 0 Å². The van der Waals surface area contributed by atoms with E-state index in [-0.39, 0.29) is 18.2 Å². The number of nitrogens with two attached hydrogens (primary N) is 1. The van der Waals surface area contributed by atoms with Crippen molar-refractivity contribution in [3.63, 3.8) is 0 Å². The predicted molar refractivity (Wildman–Crippen MR) is 120 cm³/mol. The van der Waals surface area contributed by atoms with E-state index in [9.17, 15) is 18.7 Å². The van der Waals surface area contributed by atoms with Gasteiger partial charge in [-0.25, -0.2) is 0 Å². The Hall–Kier alpha value is -4.18. The minimum Gasteiger partial charge on any atom is -0.437 e. The second kappa shape index (κ2) is 9.75. The number of rotatable bonds is 7. The molecular weight excluding hydrogens is 444 g/mol. The summed E-state index contributed by atoms with van der Waals surface area (Å²) in [5.74, 6) is 3.47. The van der Waals surface area contributed by atoms with Crippen LogP contribution in [0.4, 0.5) is 8.78 Å². The molecule has 0 saturated carbocycles. The molecule has 10 heteroatoms. The van der Waals surface area contributed by atoms with Gasteiger partial charge in [-0.1, -0.05) is 49.0 Å². The average Bonchev–Trinajstić information content (AvgIpc) is 3.18. The van der Waals surface area contributed by atoms with E-state index >= 15 is 0 Å². The van der Waals surface area contributed by atoms with Crippen LogP contribution in [0.15, 0.2) is 78.8 Å². The van der Waals surface area contributed by atoms with Crippen LogP contribution in [0.1, 0.15) is 44.9 Å². The van der Waals surface area contributed by atoms with Gasteiger partial charge < -0.3 is 20.6 Å². The second-order valence-corrected chi connectivity index (χ2v) is 7.53. The van der Waals surface area contributed by atoms with Crippen molar-refractivity contribution in [3.05, 3.63) is 102 Å². The highest BCUT2D eigenvalue weighted by Gasteiger charge is 2.39. The van der Waals surface area contributed by atoms with E-state index in [1.807, 2.05) is 6.07 Å². The first-order valence-electron chi connectivity index (χ1n) is 10.3. The summed E-state index contributed by atoms with van der Waals surface area (Å²) in [6.07, 6.45) is 0.425. The number of carbonyl (C=O) groups is 1. The quantitative estimate of drug-likeness (QED) is 0.182. The van der Waals surface area contributed by atoms with Gasteiger partial charge in [0.1, 0.15) is 17.9 Å². The number of aliphatic hydroxyl groups is 1. The molecule has 174 valence electrons. The van der Waals surface area contributed by atoms with Gasteiger partial charge in [0, 0.05) is 30.1 Å². The zero-order chi connectivity index (χ0) is 24.2. The Balaban J connectivity index is 1.65. The average molecular weight is 465 g/mol. The van der Waals surface area contributed by atoms with Crippen LogP contribution in [-0.2, 0) is 11.3 Å². The summed E-state index contributed by atoms with van der Waals surface area (Å²) in [5, 5.41) is 14.1. The lowest BCUT2D eigenvalue weighted by molar-refractivity contribution is 0.0346. The lowest BCUT2D eigenvalue weighted by Crippen LogP contribution is -2.34. The summed E-state index contributed by atoms with van der Waals surface area (Å²) in [6.45, 7) is 3.85. The first-order valence-corrected chi connectivity index (χ1v) is 10.3. The van der Waals surface area contributed by atoms with Gasteiger partial charge in [-0.3, -0.25) is 14.8 Å².